The Balaban J connectivity index is 1.83. The molecule has 0 aromatic heterocycles. The molecule has 0 radical (unpaired) electrons. The van der Waals surface area contributed by atoms with Crippen molar-refractivity contribution >= 4 is 11.7 Å². The molecule has 1 aliphatic heterocycles. The topological polar surface area (TPSA) is 64.6 Å². The number of amides is 2. The Labute approximate surface area is 126 Å². The molecule has 0 spiro atoms. The van der Waals surface area contributed by atoms with Gasteiger partial charge in [0, 0.05) is 18.3 Å². The number of carbonyl (C=O) groups is 1. The first-order valence-corrected chi connectivity index (χ1v) is 7.66. The van der Waals surface area contributed by atoms with Crippen LogP contribution in [0.15, 0.2) is 24.3 Å². The van der Waals surface area contributed by atoms with E-state index in [0.29, 0.717) is 0 Å². The van der Waals surface area contributed by atoms with Crippen molar-refractivity contribution in [3.8, 4) is 0 Å². The van der Waals surface area contributed by atoms with E-state index in [2.05, 4.69) is 22.5 Å². The molecule has 5 heteroatoms. The van der Waals surface area contributed by atoms with Gasteiger partial charge in [0.1, 0.15) is 0 Å². The number of rotatable bonds is 4. The molecule has 3 N–H and O–H groups in total. The molecule has 0 aliphatic carbocycles. The summed E-state index contributed by atoms with van der Waals surface area (Å²) in [6.45, 7) is 6.94. The predicted octanol–water partition coefficient (Wildman–Crippen LogP) is 2.35. The van der Waals surface area contributed by atoms with Gasteiger partial charge in [-0.05, 0) is 50.6 Å². The lowest BCUT2D eigenvalue weighted by atomic mass is 10.1. The number of nitrogens with zero attached hydrogens (tertiary/aromatic N) is 1. The fourth-order valence-corrected chi connectivity index (χ4v) is 2.66. The molecule has 1 fully saturated rings. The summed E-state index contributed by atoms with van der Waals surface area (Å²) in [6.07, 6.45) is 1.67. The highest BCUT2D eigenvalue weighted by Gasteiger charge is 2.20. The van der Waals surface area contributed by atoms with E-state index in [1.54, 1.807) is 19.1 Å². The second kappa shape index (κ2) is 7.43. The molecule has 1 aromatic carbocycles. The largest absolute Gasteiger partial charge is 0.389 e. The van der Waals surface area contributed by atoms with Crippen LogP contribution in [0.5, 0.6) is 0 Å². The molecule has 1 aliphatic rings. The summed E-state index contributed by atoms with van der Waals surface area (Å²) in [4.78, 5) is 14.4. The fourth-order valence-electron chi connectivity index (χ4n) is 2.66. The van der Waals surface area contributed by atoms with Gasteiger partial charge in [0.15, 0.2) is 0 Å². The van der Waals surface area contributed by atoms with Gasteiger partial charge in [-0.15, -0.1) is 0 Å². The Kier molecular flexibility index (Phi) is 5.59. The van der Waals surface area contributed by atoms with Crippen LogP contribution in [0.2, 0.25) is 0 Å². The van der Waals surface area contributed by atoms with Crippen molar-refractivity contribution in [3.05, 3.63) is 29.8 Å². The minimum atomic E-state index is -0.491. The molecule has 1 saturated heterocycles. The van der Waals surface area contributed by atoms with E-state index in [9.17, 15) is 9.90 Å². The first kappa shape index (κ1) is 15.8. The lowest BCUT2D eigenvalue weighted by Gasteiger charge is -2.32. The van der Waals surface area contributed by atoms with E-state index >= 15 is 0 Å². The highest BCUT2D eigenvalue weighted by atomic mass is 16.3. The highest BCUT2D eigenvalue weighted by molar-refractivity contribution is 5.89. The zero-order valence-corrected chi connectivity index (χ0v) is 12.8. The smallest absolute Gasteiger partial charge is 0.319 e. The van der Waals surface area contributed by atoms with Crippen molar-refractivity contribution < 1.29 is 9.90 Å². The number of benzene rings is 1. The molecule has 2 rings (SSSR count). The van der Waals surface area contributed by atoms with Gasteiger partial charge in [-0.3, -0.25) is 0 Å². The van der Waals surface area contributed by atoms with Crippen LogP contribution in [0, 0.1) is 0 Å². The standard InChI is InChI=1S/C16H25N3O2/c1-3-19-10-4-5-15(11-19)18-16(21)17-14-8-6-13(7-9-14)12(2)20/h6-9,12,15,20H,3-5,10-11H2,1-2H3,(H2,17,18,21). The van der Waals surface area contributed by atoms with E-state index in [-0.39, 0.29) is 12.1 Å². The Hall–Kier alpha value is -1.59. The molecular weight excluding hydrogens is 266 g/mol. The van der Waals surface area contributed by atoms with Gasteiger partial charge >= 0.3 is 6.03 Å². The van der Waals surface area contributed by atoms with Crippen LogP contribution in [0.4, 0.5) is 10.5 Å². The van der Waals surface area contributed by atoms with Crippen molar-refractivity contribution in [2.75, 3.05) is 25.0 Å². The molecule has 1 heterocycles. The Bertz CT molecular complexity index is 459. The maximum Gasteiger partial charge on any atom is 0.319 e. The van der Waals surface area contributed by atoms with Crippen molar-refractivity contribution in [1.82, 2.24) is 10.2 Å². The van der Waals surface area contributed by atoms with Crippen LogP contribution < -0.4 is 10.6 Å². The number of likely N-dealkylation sites (tertiary alicyclic amines) is 1. The fraction of sp³-hybridized carbons (Fsp3) is 0.562. The third-order valence-corrected chi connectivity index (χ3v) is 3.94. The van der Waals surface area contributed by atoms with Gasteiger partial charge in [-0.25, -0.2) is 4.79 Å². The number of likely N-dealkylation sites (N-methyl/N-ethyl adjacent to an activating group) is 1. The van der Waals surface area contributed by atoms with Gasteiger partial charge in [-0.1, -0.05) is 19.1 Å². The van der Waals surface area contributed by atoms with Gasteiger partial charge in [-0.2, -0.15) is 0 Å². The van der Waals surface area contributed by atoms with Gasteiger partial charge in [0.25, 0.3) is 0 Å². The van der Waals surface area contributed by atoms with Crippen LogP contribution in [0.1, 0.15) is 38.4 Å². The zero-order chi connectivity index (χ0) is 15.2. The summed E-state index contributed by atoms with van der Waals surface area (Å²) in [7, 11) is 0. The van der Waals surface area contributed by atoms with Crippen LogP contribution >= 0.6 is 0 Å². The molecule has 0 bridgehead atoms. The molecule has 5 nitrogen and oxygen atoms in total. The number of carbonyl (C=O) groups excluding carboxylic acids is 1. The van der Waals surface area contributed by atoms with E-state index in [1.807, 2.05) is 12.1 Å². The lowest BCUT2D eigenvalue weighted by molar-refractivity contribution is 0.196. The minimum Gasteiger partial charge on any atom is -0.389 e. The number of nitrogens with one attached hydrogen (secondary N) is 2. The Morgan fingerprint density at radius 1 is 1.43 bits per heavy atom. The molecule has 2 unspecified atom stereocenters. The van der Waals surface area contributed by atoms with Crippen LogP contribution in [-0.4, -0.2) is 41.7 Å². The summed E-state index contributed by atoms with van der Waals surface area (Å²) in [5.41, 5.74) is 1.58. The van der Waals surface area contributed by atoms with E-state index in [4.69, 9.17) is 0 Å². The number of hydrogen-bond acceptors (Lipinski definition) is 3. The number of anilines is 1. The second-order valence-electron chi connectivity index (χ2n) is 5.63. The molecular formula is C16H25N3O2. The number of hydrogen-bond donors (Lipinski definition) is 3. The van der Waals surface area contributed by atoms with Crippen LogP contribution in [0.3, 0.4) is 0 Å². The quantitative estimate of drug-likeness (QED) is 0.798. The van der Waals surface area contributed by atoms with Gasteiger partial charge in [0.2, 0.25) is 0 Å². The summed E-state index contributed by atoms with van der Waals surface area (Å²) in [5.74, 6) is 0. The molecule has 0 saturated carbocycles. The normalized spacial score (nSPS) is 20.8. The van der Waals surface area contributed by atoms with Crippen molar-refractivity contribution in [3.63, 3.8) is 0 Å². The molecule has 21 heavy (non-hydrogen) atoms. The van der Waals surface area contributed by atoms with Crippen LogP contribution in [-0.2, 0) is 0 Å². The third kappa shape index (κ3) is 4.72. The number of aliphatic hydroxyl groups is 1. The van der Waals surface area contributed by atoms with E-state index in [1.165, 1.54) is 0 Å². The van der Waals surface area contributed by atoms with Gasteiger partial charge in [0.05, 0.1) is 6.10 Å². The summed E-state index contributed by atoms with van der Waals surface area (Å²) in [6, 6.07) is 7.30. The molecule has 2 atom stereocenters. The van der Waals surface area contributed by atoms with Crippen molar-refractivity contribution in [2.45, 2.75) is 38.8 Å². The Morgan fingerprint density at radius 2 is 2.14 bits per heavy atom. The molecule has 116 valence electrons. The second-order valence-corrected chi connectivity index (χ2v) is 5.63. The zero-order valence-electron chi connectivity index (χ0n) is 12.8. The number of aliphatic hydroxyl groups excluding tert-OH is 1. The van der Waals surface area contributed by atoms with Crippen LogP contribution in [0.25, 0.3) is 0 Å². The first-order valence-electron chi connectivity index (χ1n) is 7.66. The van der Waals surface area contributed by atoms with Crippen molar-refractivity contribution in [1.29, 1.82) is 0 Å². The summed E-state index contributed by atoms with van der Waals surface area (Å²) < 4.78 is 0. The maximum absolute atomic E-state index is 12.0. The minimum absolute atomic E-state index is 0.164. The third-order valence-electron chi connectivity index (χ3n) is 3.94. The maximum atomic E-state index is 12.0. The SMILES string of the molecule is CCN1CCCC(NC(=O)Nc2ccc(C(C)O)cc2)C1. The predicted molar refractivity (Wildman–Crippen MR) is 84.4 cm³/mol. The van der Waals surface area contributed by atoms with Gasteiger partial charge < -0.3 is 20.6 Å². The summed E-state index contributed by atoms with van der Waals surface area (Å²) >= 11 is 0. The Morgan fingerprint density at radius 3 is 2.76 bits per heavy atom. The average molecular weight is 291 g/mol. The molecule has 2 amide bonds. The average Bonchev–Trinajstić information content (AvgIpc) is 2.47. The van der Waals surface area contributed by atoms with Crippen molar-refractivity contribution in [2.24, 2.45) is 0 Å². The number of urea groups is 1. The monoisotopic (exact) mass is 291 g/mol. The van der Waals surface area contributed by atoms with E-state index in [0.717, 1.165) is 43.7 Å². The lowest BCUT2D eigenvalue weighted by Crippen LogP contribution is -2.48. The highest BCUT2D eigenvalue weighted by Crippen LogP contribution is 2.16. The molecule has 1 aromatic rings. The first-order chi connectivity index (χ1) is 10.1. The summed E-state index contributed by atoms with van der Waals surface area (Å²) in [5, 5.41) is 15.3. The number of piperidine rings is 1. The van der Waals surface area contributed by atoms with E-state index < -0.39 is 6.10 Å².